The molecule has 0 aromatic heterocycles. The molecule has 3 atom stereocenters. The van der Waals surface area contributed by atoms with Crippen LogP contribution in [0.5, 0.6) is 0 Å². The maximum Gasteiger partial charge on any atom is 0.472 e. The highest BCUT2D eigenvalue weighted by Crippen LogP contribution is 2.43. The Labute approximate surface area is 310 Å². The number of esters is 2. The molecule has 0 saturated carbocycles. The molecule has 0 bridgehead atoms. The summed E-state index contributed by atoms with van der Waals surface area (Å²) in [6, 6.07) is 0. The Bertz CT molecular complexity index is 952. The molecular formula is C40H73O10P. The highest BCUT2D eigenvalue weighted by Gasteiger charge is 2.27. The van der Waals surface area contributed by atoms with Crippen LogP contribution in [0.25, 0.3) is 0 Å². The maximum absolute atomic E-state index is 12.3. The maximum atomic E-state index is 12.3. The molecule has 0 fully saturated rings. The summed E-state index contributed by atoms with van der Waals surface area (Å²) in [5.41, 5.74) is 0. The van der Waals surface area contributed by atoms with Gasteiger partial charge < -0.3 is 24.6 Å². The minimum Gasteiger partial charge on any atom is -0.457 e. The zero-order valence-corrected chi connectivity index (χ0v) is 33.0. The lowest BCUT2D eigenvalue weighted by Crippen LogP contribution is -2.28. The van der Waals surface area contributed by atoms with E-state index in [2.05, 4.69) is 50.3 Å². The summed E-state index contributed by atoms with van der Waals surface area (Å²) in [4.78, 5) is 34.4. The SMILES string of the molecule is CC/C=C\C/C=C\C/C=C\CCCCCCCCCC(=O)OC(CO)COP(=O)(O)OCC(CO)OC(=O)CCCCCCCCCCCCC. The molecule has 3 N–H and O–H groups in total. The number of phosphoric ester groups is 1. The lowest BCUT2D eigenvalue weighted by molar-refractivity contribution is -0.153. The molecule has 11 heteroatoms. The van der Waals surface area contributed by atoms with Crippen molar-refractivity contribution in [2.45, 2.75) is 180 Å². The molecule has 0 aromatic carbocycles. The zero-order chi connectivity index (χ0) is 37.7. The third kappa shape index (κ3) is 35.0. The molecule has 0 radical (unpaired) electrons. The van der Waals surface area contributed by atoms with Crippen LogP contribution in [-0.4, -0.2) is 65.7 Å². The Morgan fingerprint density at radius 1 is 0.549 bits per heavy atom. The van der Waals surface area contributed by atoms with Crippen LogP contribution < -0.4 is 0 Å². The van der Waals surface area contributed by atoms with Crippen molar-refractivity contribution in [2.75, 3.05) is 26.4 Å². The molecule has 51 heavy (non-hydrogen) atoms. The van der Waals surface area contributed by atoms with E-state index in [1.54, 1.807) is 0 Å². The zero-order valence-electron chi connectivity index (χ0n) is 32.1. The van der Waals surface area contributed by atoms with Crippen molar-refractivity contribution in [1.82, 2.24) is 0 Å². The van der Waals surface area contributed by atoms with E-state index in [9.17, 15) is 29.3 Å². The van der Waals surface area contributed by atoms with Gasteiger partial charge in [-0.05, 0) is 44.9 Å². The van der Waals surface area contributed by atoms with E-state index < -0.39 is 58.4 Å². The van der Waals surface area contributed by atoms with Crippen molar-refractivity contribution >= 4 is 19.8 Å². The summed E-state index contributed by atoms with van der Waals surface area (Å²) in [7, 11) is -4.63. The predicted octanol–water partition coefficient (Wildman–Crippen LogP) is 10.00. The van der Waals surface area contributed by atoms with E-state index in [-0.39, 0.29) is 12.8 Å². The number of unbranched alkanes of at least 4 members (excludes halogenated alkanes) is 17. The summed E-state index contributed by atoms with van der Waals surface area (Å²) >= 11 is 0. The van der Waals surface area contributed by atoms with Crippen LogP contribution in [0.3, 0.4) is 0 Å². The highest BCUT2D eigenvalue weighted by atomic mass is 31.2. The lowest BCUT2D eigenvalue weighted by Gasteiger charge is -2.20. The predicted molar refractivity (Wildman–Crippen MR) is 205 cm³/mol. The van der Waals surface area contributed by atoms with Crippen molar-refractivity contribution in [2.24, 2.45) is 0 Å². The summed E-state index contributed by atoms with van der Waals surface area (Å²) in [6.45, 7) is 2.07. The summed E-state index contributed by atoms with van der Waals surface area (Å²) < 4.78 is 32.5. The minimum atomic E-state index is -4.63. The molecule has 0 aliphatic carbocycles. The van der Waals surface area contributed by atoms with Crippen LogP contribution in [0, 0.1) is 0 Å². The van der Waals surface area contributed by atoms with Crippen LogP contribution in [0.15, 0.2) is 36.5 Å². The molecule has 10 nitrogen and oxygen atoms in total. The van der Waals surface area contributed by atoms with E-state index in [1.807, 2.05) is 0 Å². The summed E-state index contributed by atoms with van der Waals surface area (Å²) in [5.74, 6) is -1.03. The third-order valence-corrected chi connectivity index (χ3v) is 9.32. The van der Waals surface area contributed by atoms with Gasteiger partial charge in [-0.15, -0.1) is 0 Å². The molecule has 0 spiro atoms. The number of rotatable bonds is 37. The van der Waals surface area contributed by atoms with Gasteiger partial charge in [-0.2, -0.15) is 0 Å². The first-order valence-electron chi connectivity index (χ1n) is 19.9. The minimum absolute atomic E-state index is 0.181. The molecule has 0 amide bonds. The molecule has 0 rings (SSSR count). The standard InChI is InChI=1S/C40H73O10P/c1-3-5-7-9-11-13-15-16-17-18-19-20-22-24-26-28-30-32-40(44)50-38(34-42)36-48-51(45,46)47-35-37(33-41)49-39(43)31-29-27-25-23-21-14-12-10-8-6-4-2/h5,7,11,13,16-17,37-38,41-42H,3-4,6,8-10,12,14-15,18-36H2,1-2H3,(H,45,46)/b7-5-,13-11-,17-16-. The van der Waals surface area contributed by atoms with E-state index in [0.29, 0.717) is 12.8 Å². The number of carbonyl (C=O) groups excluding carboxylic acids is 2. The van der Waals surface area contributed by atoms with Gasteiger partial charge in [0, 0.05) is 12.8 Å². The number of hydrogen-bond donors (Lipinski definition) is 3. The van der Waals surface area contributed by atoms with Gasteiger partial charge in [0.2, 0.25) is 0 Å². The Morgan fingerprint density at radius 3 is 1.33 bits per heavy atom. The first-order valence-corrected chi connectivity index (χ1v) is 21.4. The Morgan fingerprint density at radius 2 is 0.922 bits per heavy atom. The van der Waals surface area contributed by atoms with Crippen molar-refractivity contribution in [1.29, 1.82) is 0 Å². The number of phosphoric acid groups is 1. The van der Waals surface area contributed by atoms with Crippen molar-refractivity contribution < 1.29 is 47.8 Å². The molecule has 3 unspecified atom stereocenters. The second kappa shape index (κ2) is 36.5. The second-order valence-electron chi connectivity index (χ2n) is 13.2. The second-order valence-corrected chi connectivity index (χ2v) is 14.7. The van der Waals surface area contributed by atoms with Crippen LogP contribution in [0.1, 0.15) is 168 Å². The third-order valence-electron chi connectivity index (χ3n) is 8.37. The van der Waals surface area contributed by atoms with Crippen molar-refractivity contribution in [3.63, 3.8) is 0 Å². The van der Waals surface area contributed by atoms with E-state index in [0.717, 1.165) is 70.6 Å². The number of aliphatic hydroxyl groups is 2. The van der Waals surface area contributed by atoms with Crippen LogP contribution in [-0.2, 0) is 32.7 Å². The summed E-state index contributed by atoms with van der Waals surface area (Å²) in [6.07, 6.45) is 35.5. The van der Waals surface area contributed by atoms with Gasteiger partial charge >= 0.3 is 19.8 Å². The Hall–Kier alpha value is -1.81. The topological polar surface area (TPSA) is 149 Å². The van der Waals surface area contributed by atoms with Gasteiger partial charge in [0.15, 0.2) is 0 Å². The molecule has 0 aromatic rings. The number of carbonyl (C=O) groups is 2. The van der Waals surface area contributed by atoms with Crippen LogP contribution >= 0.6 is 7.82 Å². The van der Waals surface area contributed by atoms with Gasteiger partial charge in [0.25, 0.3) is 0 Å². The largest absolute Gasteiger partial charge is 0.472 e. The van der Waals surface area contributed by atoms with Gasteiger partial charge in [-0.1, -0.05) is 147 Å². The van der Waals surface area contributed by atoms with Gasteiger partial charge in [-0.3, -0.25) is 18.6 Å². The fraction of sp³-hybridized carbons (Fsp3) is 0.800. The fourth-order valence-corrected chi connectivity index (χ4v) is 6.09. The molecule has 298 valence electrons. The normalized spacial score (nSPS) is 14.4. The quantitative estimate of drug-likeness (QED) is 0.0243. The first kappa shape index (κ1) is 49.2. The number of hydrogen-bond acceptors (Lipinski definition) is 9. The Kier molecular flexibility index (Phi) is 35.2. The highest BCUT2D eigenvalue weighted by molar-refractivity contribution is 7.47. The number of ether oxygens (including phenoxy) is 2. The van der Waals surface area contributed by atoms with E-state index >= 15 is 0 Å². The fourth-order valence-electron chi connectivity index (χ4n) is 5.31. The smallest absolute Gasteiger partial charge is 0.457 e. The molecular weight excluding hydrogens is 671 g/mol. The van der Waals surface area contributed by atoms with E-state index in [4.69, 9.17) is 18.5 Å². The average Bonchev–Trinajstić information content (AvgIpc) is 3.12. The lowest BCUT2D eigenvalue weighted by atomic mass is 10.1. The summed E-state index contributed by atoms with van der Waals surface area (Å²) in [5, 5.41) is 19.1. The van der Waals surface area contributed by atoms with Crippen molar-refractivity contribution in [3.8, 4) is 0 Å². The Balaban J connectivity index is 3.96. The number of allylic oxidation sites excluding steroid dienone is 6. The molecule has 0 aliphatic rings. The van der Waals surface area contributed by atoms with Gasteiger partial charge in [-0.25, -0.2) is 4.57 Å². The first-order chi connectivity index (χ1) is 24.8. The number of aliphatic hydroxyl groups excluding tert-OH is 2. The van der Waals surface area contributed by atoms with Crippen molar-refractivity contribution in [3.05, 3.63) is 36.5 Å². The van der Waals surface area contributed by atoms with Crippen LogP contribution in [0.4, 0.5) is 0 Å². The molecule has 0 aliphatic heterocycles. The van der Waals surface area contributed by atoms with E-state index in [1.165, 1.54) is 57.8 Å². The average molecular weight is 745 g/mol. The molecule has 0 saturated heterocycles. The van der Waals surface area contributed by atoms with Crippen LogP contribution in [0.2, 0.25) is 0 Å². The van der Waals surface area contributed by atoms with Gasteiger partial charge in [0.05, 0.1) is 26.4 Å². The molecule has 0 heterocycles. The van der Waals surface area contributed by atoms with Gasteiger partial charge in [0.1, 0.15) is 12.2 Å². The monoisotopic (exact) mass is 744 g/mol.